The smallest absolute Gasteiger partial charge is 0.320 e. The Morgan fingerprint density at radius 3 is 1.95 bits per heavy atom. The summed E-state index contributed by atoms with van der Waals surface area (Å²) in [6, 6.07) is -2.21. The van der Waals surface area contributed by atoms with Crippen molar-refractivity contribution in [3.63, 3.8) is 0 Å². The number of ether oxygens (including phenoxy) is 1. The van der Waals surface area contributed by atoms with Crippen LogP contribution in [0.1, 0.15) is 75.2 Å². The van der Waals surface area contributed by atoms with Crippen LogP contribution in [0, 0.1) is 29.7 Å². The molecule has 0 heterocycles. The first-order valence-corrected chi connectivity index (χ1v) is 14.6. The first kappa shape index (κ1) is 38.5. The van der Waals surface area contributed by atoms with E-state index in [1.807, 2.05) is 13.8 Å². The topological polar surface area (TPSA) is 154 Å². The lowest BCUT2D eigenvalue weighted by molar-refractivity contribution is -0.159. The number of hydrogen-bond donors (Lipinski definition) is 3. The van der Waals surface area contributed by atoms with Crippen LogP contribution in [0.3, 0.4) is 0 Å². The Balaban J connectivity index is 6.77. The van der Waals surface area contributed by atoms with E-state index in [0.29, 0.717) is 12.7 Å². The van der Waals surface area contributed by atoms with Gasteiger partial charge in [-0.2, -0.15) is 0 Å². The normalized spacial score (nSPS) is 15.2. The molecule has 42 heavy (non-hydrogen) atoms. The number of carbonyl (C=O) groups is 6. The highest BCUT2D eigenvalue weighted by Crippen LogP contribution is 2.21. The molecule has 238 valence electrons. The predicted octanol–water partition coefficient (Wildman–Crippen LogP) is 1.08. The van der Waals surface area contributed by atoms with Crippen molar-refractivity contribution in [1.29, 1.82) is 0 Å². The zero-order chi connectivity index (χ0) is 32.7. The first-order chi connectivity index (χ1) is 19.6. The van der Waals surface area contributed by atoms with Gasteiger partial charge in [0.2, 0.25) is 11.8 Å². The number of aldehydes is 1. The van der Waals surface area contributed by atoms with Crippen molar-refractivity contribution in [3.8, 4) is 12.0 Å². The van der Waals surface area contributed by atoms with E-state index in [-0.39, 0.29) is 24.9 Å². The number of amides is 4. The van der Waals surface area contributed by atoms with Gasteiger partial charge in [0.05, 0.1) is 18.7 Å². The number of hydrogen-bond acceptors (Lipinski definition) is 9. The Kier molecular flexibility index (Phi) is 17.3. The minimum Gasteiger partial charge on any atom is -0.465 e. The van der Waals surface area contributed by atoms with Crippen LogP contribution in [0.25, 0.3) is 0 Å². The molecule has 12 nitrogen and oxygen atoms in total. The van der Waals surface area contributed by atoms with Crippen molar-refractivity contribution < 1.29 is 33.5 Å². The Hall–Kier alpha value is -3.46. The Bertz CT molecular complexity index is 1000. The minimum atomic E-state index is -1.26. The second-order valence-electron chi connectivity index (χ2n) is 11.1. The molecule has 0 spiro atoms. The summed E-state index contributed by atoms with van der Waals surface area (Å²) in [7, 11) is 3.11. The molecule has 0 saturated carbocycles. The standard InChI is InChI=1S/C30H51N5O7/c1-12-23(17-36)33-26(37)24(16-18(3)4)35(28(39)22(9)32-15-14-20(7)30(41)42-13-2)29(40)25(19(5)6)34(11)27(38)21(8)31-10/h17-25,31-32H,12-13,16H2,1-11H3,(H,33,37). The number of esters is 1. The molecule has 0 rings (SSSR count). The molecule has 0 aliphatic carbocycles. The summed E-state index contributed by atoms with van der Waals surface area (Å²) in [5, 5.41) is 8.21. The second-order valence-corrected chi connectivity index (χ2v) is 11.1. The van der Waals surface area contributed by atoms with Crippen molar-refractivity contribution in [2.75, 3.05) is 20.7 Å². The minimum absolute atomic E-state index is 0.116. The summed E-state index contributed by atoms with van der Waals surface area (Å²) in [5.41, 5.74) is 0. The lowest BCUT2D eigenvalue weighted by Gasteiger charge is -2.39. The highest BCUT2D eigenvalue weighted by Gasteiger charge is 2.43. The van der Waals surface area contributed by atoms with Gasteiger partial charge in [0.15, 0.2) is 0 Å². The van der Waals surface area contributed by atoms with E-state index in [4.69, 9.17) is 4.74 Å². The number of likely N-dealkylation sites (N-methyl/N-ethyl adjacent to an activating group) is 2. The van der Waals surface area contributed by atoms with Crippen LogP contribution < -0.4 is 16.0 Å². The first-order valence-electron chi connectivity index (χ1n) is 14.6. The summed E-state index contributed by atoms with van der Waals surface area (Å²) in [6.07, 6.45) is 1.04. The Morgan fingerprint density at radius 1 is 0.905 bits per heavy atom. The largest absolute Gasteiger partial charge is 0.465 e. The lowest BCUT2D eigenvalue weighted by Crippen LogP contribution is -2.63. The van der Waals surface area contributed by atoms with Gasteiger partial charge in [-0.25, -0.2) is 0 Å². The van der Waals surface area contributed by atoms with E-state index in [9.17, 15) is 28.8 Å². The van der Waals surface area contributed by atoms with Crippen LogP contribution in [0.2, 0.25) is 0 Å². The molecule has 6 unspecified atom stereocenters. The van der Waals surface area contributed by atoms with E-state index < -0.39 is 65.7 Å². The van der Waals surface area contributed by atoms with Gasteiger partial charge in [0.25, 0.3) is 11.8 Å². The zero-order valence-corrected chi connectivity index (χ0v) is 27.1. The van der Waals surface area contributed by atoms with Crippen LogP contribution in [0.5, 0.6) is 0 Å². The molecule has 4 amide bonds. The van der Waals surface area contributed by atoms with Gasteiger partial charge in [-0.05, 0) is 59.4 Å². The van der Waals surface area contributed by atoms with E-state index in [1.54, 1.807) is 48.6 Å². The Labute approximate surface area is 251 Å². The molecular weight excluding hydrogens is 542 g/mol. The van der Waals surface area contributed by atoms with Crippen LogP contribution in [-0.4, -0.2) is 96.6 Å². The summed E-state index contributed by atoms with van der Waals surface area (Å²) in [4.78, 5) is 80.5. The summed E-state index contributed by atoms with van der Waals surface area (Å²) in [5.74, 6) is -1.62. The number of imide groups is 1. The van der Waals surface area contributed by atoms with Crippen LogP contribution in [-0.2, 0) is 33.5 Å². The third-order valence-corrected chi connectivity index (χ3v) is 6.76. The van der Waals surface area contributed by atoms with E-state index >= 15 is 0 Å². The van der Waals surface area contributed by atoms with Crippen molar-refractivity contribution in [2.24, 2.45) is 17.8 Å². The highest BCUT2D eigenvalue weighted by atomic mass is 16.5. The fourth-order valence-corrected chi connectivity index (χ4v) is 4.16. The molecule has 0 fully saturated rings. The molecule has 0 bridgehead atoms. The van der Waals surface area contributed by atoms with Crippen LogP contribution in [0.15, 0.2) is 0 Å². The third-order valence-electron chi connectivity index (χ3n) is 6.76. The van der Waals surface area contributed by atoms with E-state index in [2.05, 4.69) is 27.9 Å². The molecule has 0 saturated heterocycles. The van der Waals surface area contributed by atoms with Gasteiger partial charge in [-0.3, -0.25) is 28.9 Å². The molecular formula is C30H51N5O7. The number of carbonyl (C=O) groups excluding carboxylic acids is 6. The van der Waals surface area contributed by atoms with Gasteiger partial charge < -0.3 is 30.4 Å². The molecule has 0 aromatic carbocycles. The maximum absolute atomic E-state index is 14.3. The molecule has 12 heteroatoms. The van der Waals surface area contributed by atoms with Gasteiger partial charge in [-0.1, -0.05) is 40.5 Å². The van der Waals surface area contributed by atoms with Crippen LogP contribution in [0.4, 0.5) is 0 Å². The average Bonchev–Trinajstić information content (AvgIpc) is 2.93. The lowest BCUT2D eigenvalue weighted by atomic mass is 9.95. The van der Waals surface area contributed by atoms with Gasteiger partial charge in [0, 0.05) is 13.1 Å². The molecule has 0 aliphatic heterocycles. The molecule has 0 aliphatic rings. The second kappa shape index (κ2) is 18.9. The van der Waals surface area contributed by atoms with Crippen molar-refractivity contribution in [1.82, 2.24) is 25.8 Å². The molecule has 3 N–H and O–H groups in total. The monoisotopic (exact) mass is 593 g/mol. The molecule has 0 aromatic heterocycles. The van der Waals surface area contributed by atoms with Crippen molar-refractivity contribution >= 4 is 35.9 Å². The van der Waals surface area contributed by atoms with Crippen LogP contribution >= 0.6 is 0 Å². The molecule has 0 radical (unpaired) electrons. The van der Waals surface area contributed by atoms with E-state index in [0.717, 1.165) is 4.90 Å². The highest BCUT2D eigenvalue weighted by molar-refractivity contribution is 6.05. The van der Waals surface area contributed by atoms with Crippen molar-refractivity contribution in [3.05, 3.63) is 0 Å². The Morgan fingerprint density at radius 2 is 1.50 bits per heavy atom. The summed E-state index contributed by atoms with van der Waals surface area (Å²) in [6.45, 7) is 15.5. The summed E-state index contributed by atoms with van der Waals surface area (Å²) < 4.78 is 4.94. The molecule has 0 aromatic rings. The third kappa shape index (κ3) is 11.4. The number of rotatable bonds is 16. The predicted molar refractivity (Wildman–Crippen MR) is 159 cm³/mol. The SMILES string of the molecule is CCOC(=O)C(C)C#CNC(C)C(=O)N(C(=O)C(C(C)C)N(C)C(=O)C(C)NC)C(CC(C)C)C(=O)NC(C=O)CC. The zero-order valence-electron chi connectivity index (χ0n) is 27.1. The maximum Gasteiger partial charge on any atom is 0.320 e. The van der Waals surface area contributed by atoms with Crippen molar-refractivity contribution in [2.45, 2.75) is 105 Å². The fraction of sp³-hybridized carbons (Fsp3) is 0.733. The number of nitrogens with zero attached hydrogens (tertiary/aromatic N) is 2. The average molecular weight is 594 g/mol. The van der Waals surface area contributed by atoms with E-state index in [1.165, 1.54) is 18.9 Å². The van der Waals surface area contributed by atoms with Gasteiger partial charge >= 0.3 is 5.97 Å². The van der Waals surface area contributed by atoms with Gasteiger partial charge in [-0.15, -0.1) is 0 Å². The fourth-order valence-electron chi connectivity index (χ4n) is 4.16. The maximum atomic E-state index is 14.3. The summed E-state index contributed by atoms with van der Waals surface area (Å²) >= 11 is 0. The van der Waals surface area contributed by atoms with Gasteiger partial charge in [0.1, 0.15) is 30.3 Å². The number of nitrogens with one attached hydrogen (secondary N) is 3. The quantitative estimate of drug-likeness (QED) is 0.103. The molecule has 6 atom stereocenters.